The molecule has 0 unspecified atom stereocenters. The molecule has 0 bridgehead atoms. The fourth-order valence-electron chi connectivity index (χ4n) is 2.00. The Morgan fingerprint density at radius 2 is 2.00 bits per heavy atom. The van der Waals surface area contributed by atoms with Crippen molar-refractivity contribution < 1.29 is 19.1 Å². The Kier molecular flexibility index (Phi) is 6.30. The zero-order chi connectivity index (χ0) is 17.4. The topological polar surface area (TPSA) is 86.5 Å². The SMILES string of the molecule is CCN(CCn1ncc(C(=O)OC)n1)C(=O)OCc1ccccc1. The molecule has 0 saturated carbocycles. The number of methoxy groups -OCH3 is 1. The van der Waals surface area contributed by atoms with Gasteiger partial charge in [-0.2, -0.15) is 9.90 Å². The fourth-order valence-corrected chi connectivity index (χ4v) is 2.00. The van der Waals surface area contributed by atoms with Gasteiger partial charge in [-0.05, 0) is 12.5 Å². The lowest BCUT2D eigenvalue weighted by Gasteiger charge is -2.20. The molecule has 1 aromatic carbocycles. The van der Waals surface area contributed by atoms with Gasteiger partial charge in [-0.3, -0.25) is 0 Å². The van der Waals surface area contributed by atoms with Crippen LogP contribution in [0.2, 0.25) is 0 Å². The van der Waals surface area contributed by atoms with Gasteiger partial charge in [0.15, 0.2) is 5.69 Å². The van der Waals surface area contributed by atoms with Gasteiger partial charge in [-0.25, -0.2) is 9.59 Å². The minimum absolute atomic E-state index is 0.132. The van der Waals surface area contributed by atoms with Crippen molar-refractivity contribution in [2.24, 2.45) is 0 Å². The molecule has 1 heterocycles. The van der Waals surface area contributed by atoms with Gasteiger partial charge >= 0.3 is 12.1 Å². The lowest BCUT2D eigenvalue weighted by atomic mass is 10.2. The zero-order valence-electron chi connectivity index (χ0n) is 13.7. The van der Waals surface area contributed by atoms with E-state index < -0.39 is 12.1 Å². The van der Waals surface area contributed by atoms with E-state index in [9.17, 15) is 9.59 Å². The van der Waals surface area contributed by atoms with Crippen molar-refractivity contribution in [1.29, 1.82) is 0 Å². The second-order valence-corrected chi connectivity index (χ2v) is 4.94. The number of nitrogens with zero attached hydrogens (tertiary/aromatic N) is 4. The molecule has 0 radical (unpaired) electrons. The van der Waals surface area contributed by atoms with Crippen molar-refractivity contribution in [2.75, 3.05) is 20.2 Å². The van der Waals surface area contributed by atoms with E-state index in [-0.39, 0.29) is 12.3 Å². The highest BCUT2D eigenvalue weighted by atomic mass is 16.6. The normalized spacial score (nSPS) is 10.2. The number of carbonyl (C=O) groups excluding carboxylic acids is 2. The molecular formula is C16H20N4O4. The summed E-state index contributed by atoms with van der Waals surface area (Å²) in [4.78, 5) is 26.3. The third-order valence-corrected chi connectivity index (χ3v) is 3.35. The summed E-state index contributed by atoms with van der Waals surface area (Å²) in [6, 6.07) is 9.48. The van der Waals surface area contributed by atoms with Crippen molar-refractivity contribution in [3.63, 3.8) is 0 Å². The monoisotopic (exact) mass is 332 g/mol. The minimum atomic E-state index is -0.545. The fraction of sp³-hybridized carbons (Fsp3) is 0.375. The second-order valence-electron chi connectivity index (χ2n) is 4.94. The number of rotatable bonds is 7. The standard InChI is InChI=1S/C16H20N4O4/c1-3-19(16(22)24-12-13-7-5-4-6-8-13)9-10-20-17-11-14(18-20)15(21)23-2/h4-8,11H,3,9-10,12H2,1-2H3. The first kappa shape index (κ1) is 17.5. The van der Waals surface area contributed by atoms with Crippen LogP contribution in [0.3, 0.4) is 0 Å². The second kappa shape index (κ2) is 8.66. The van der Waals surface area contributed by atoms with Gasteiger partial charge in [0.05, 0.1) is 19.9 Å². The molecule has 0 N–H and O–H groups in total. The van der Waals surface area contributed by atoms with E-state index in [1.807, 2.05) is 37.3 Å². The van der Waals surface area contributed by atoms with Crippen LogP contribution in [0, 0.1) is 0 Å². The third kappa shape index (κ3) is 4.80. The van der Waals surface area contributed by atoms with Crippen LogP contribution in [-0.4, -0.2) is 52.2 Å². The maximum absolute atomic E-state index is 12.1. The predicted molar refractivity (Wildman–Crippen MR) is 85.2 cm³/mol. The molecule has 8 nitrogen and oxygen atoms in total. The molecule has 0 aliphatic heterocycles. The number of hydrogen-bond donors (Lipinski definition) is 0. The molecular weight excluding hydrogens is 312 g/mol. The first-order valence-electron chi connectivity index (χ1n) is 7.58. The predicted octanol–water partition coefficient (Wildman–Crippen LogP) is 1.72. The zero-order valence-corrected chi connectivity index (χ0v) is 13.7. The summed E-state index contributed by atoms with van der Waals surface area (Å²) in [5, 5.41) is 7.96. The number of amides is 1. The van der Waals surface area contributed by atoms with E-state index in [1.165, 1.54) is 18.1 Å². The Morgan fingerprint density at radius 1 is 1.25 bits per heavy atom. The summed E-state index contributed by atoms with van der Waals surface area (Å²) in [6.07, 6.45) is 0.928. The number of likely N-dealkylation sites (N-methyl/N-ethyl adjacent to an activating group) is 1. The van der Waals surface area contributed by atoms with E-state index >= 15 is 0 Å². The van der Waals surface area contributed by atoms with E-state index in [2.05, 4.69) is 14.9 Å². The van der Waals surface area contributed by atoms with Crippen molar-refractivity contribution in [2.45, 2.75) is 20.1 Å². The summed E-state index contributed by atoms with van der Waals surface area (Å²) in [5.41, 5.74) is 1.06. The largest absolute Gasteiger partial charge is 0.464 e. The summed E-state index contributed by atoms with van der Waals surface area (Å²) < 4.78 is 9.86. The van der Waals surface area contributed by atoms with Crippen LogP contribution in [0.4, 0.5) is 4.79 Å². The minimum Gasteiger partial charge on any atom is -0.464 e. The molecule has 0 fully saturated rings. The summed E-state index contributed by atoms with van der Waals surface area (Å²) in [6.45, 7) is 3.31. The van der Waals surface area contributed by atoms with Crippen molar-refractivity contribution in [1.82, 2.24) is 19.9 Å². The highest BCUT2D eigenvalue weighted by molar-refractivity contribution is 5.86. The summed E-state index contributed by atoms with van der Waals surface area (Å²) in [5.74, 6) is -0.545. The van der Waals surface area contributed by atoms with Gasteiger partial charge in [0.2, 0.25) is 0 Å². The van der Waals surface area contributed by atoms with Crippen LogP contribution < -0.4 is 0 Å². The molecule has 0 saturated heterocycles. The lowest BCUT2D eigenvalue weighted by molar-refractivity contribution is 0.0592. The molecule has 0 aliphatic rings. The van der Waals surface area contributed by atoms with Crippen LogP contribution in [0.25, 0.3) is 0 Å². The van der Waals surface area contributed by atoms with Crippen molar-refractivity contribution in [3.8, 4) is 0 Å². The molecule has 1 amide bonds. The van der Waals surface area contributed by atoms with Gasteiger partial charge in [-0.15, -0.1) is 5.10 Å². The summed E-state index contributed by atoms with van der Waals surface area (Å²) in [7, 11) is 1.28. The number of benzene rings is 1. The Labute approximate surface area is 140 Å². The number of hydrogen-bond acceptors (Lipinski definition) is 6. The molecule has 1 aromatic heterocycles. The quantitative estimate of drug-likeness (QED) is 0.718. The molecule has 0 aliphatic carbocycles. The van der Waals surface area contributed by atoms with Gasteiger partial charge in [-0.1, -0.05) is 30.3 Å². The van der Waals surface area contributed by atoms with Crippen molar-refractivity contribution >= 4 is 12.1 Å². The number of ether oxygens (including phenoxy) is 2. The Bertz CT molecular complexity index is 672. The van der Waals surface area contributed by atoms with Crippen LogP contribution in [-0.2, 0) is 22.6 Å². The van der Waals surface area contributed by atoms with Gasteiger partial charge in [0, 0.05) is 13.1 Å². The lowest BCUT2D eigenvalue weighted by Crippen LogP contribution is -2.34. The van der Waals surface area contributed by atoms with E-state index in [0.29, 0.717) is 19.6 Å². The molecule has 2 rings (SSSR count). The van der Waals surface area contributed by atoms with Crippen LogP contribution >= 0.6 is 0 Å². The smallest absolute Gasteiger partial charge is 0.410 e. The Morgan fingerprint density at radius 3 is 2.67 bits per heavy atom. The van der Waals surface area contributed by atoms with E-state index in [4.69, 9.17) is 4.74 Å². The highest BCUT2D eigenvalue weighted by Crippen LogP contribution is 2.04. The average molecular weight is 332 g/mol. The molecule has 128 valence electrons. The Balaban J connectivity index is 1.83. The first-order valence-corrected chi connectivity index (χ1v) is 7.58. The number of carbonyl (C=O) groups is 2. The maximum Gasteiger partial charge on any atom is 0.410 e. The molecule has 2 aromatic rings. The third-order valence-electron chi connectivity index (χ3n) is 3.35. The number of esters is 1. The van der Waals surface area contributed by atoms with E-state index in [0.717, 1.165) is 5.56 Å². The van der Waals surface area contributed by atoms with Gasteiger partial charge < -0.3 is 14.4 Å². The van der Waals surface area contributed by atoms with Gasteiger partial charge in [0.1, 0.15) is 6.61 Å². The van der Waals surface area contributed by atoms with E-state index in [1.54, 1.807) is 4.90 Å². The summed E-state index contributed by atoms with van der Waals surface area (Å²) >= 11 is 0. The van der Waals surface area contributed by atoms with Crippen molar-refractivity contribution in [3.05, 3.63) is 47.8 Å². The molecule has 8 heteroatoms. The van der Waals surface area contributed by atoms with Crippen LogP contribution in [0.1, 0.15) is 23.0 Å². The first-order chi connectivity index (χ1) is 11.6. The molecule has 24 heavy (non-hydrogen) atoms. The number of aromatic nitrogens is 3. The Hall–Kier alpha value is -2.90. The molecule has 0 spiro atoms. The van der Waals surface area contributed by atoms with Crippen LogP contribution in [0.15, 0.2) is 36.5 Å². The van der Waals surface area contributed by atoms with Gasteiger partial charge in [0.25, 0.3) is 0 Å². The van der Waals surface area contributed by atoms with Crippen LogP contribution in [0.5, 0.6) is 0 Å². The molecule has 0 atom stereocenters. The highest BCUT2D eigenvalue weighted by Gasteiger charge is 2.15. The maximum atomic E-state index is 12.1. The average Bonchev–Trinajstić information content (AvgIpc) is 3.09.